The first-order valence-electron chi connectivity index (χ1n) is 4.91. The van der Waals surface area contributed by atoms with Gasteiger partial charge in [-0.2, -0.15) is 0 Å². The molecule has 0 aromatic heterocycles. The molecule has 0 bridgehead atoms. The molecule has 1 saturated heterocycles. The fraction of sp³-hybridized carbons (Fsp3) is 0.500. The third kappa shape index (κ3) is 1.92. The average Bonchev–Trinajstić information content (AvgIpc) is 2.85. The molecule has 2 rings (SSSR count). The van der Waals surface area contributed by atoms with Gasteiger partial charge in [-0.1, -0.05) is 45.0 Å². The average molecular weight is 175 g/mol. The monoisotopic (exact) mass is 175 g/mol. The number of hydrogen-bond donors (Lipinski definition) is 1. The Morgan fingerprint density at radius 1 is 1.15 bits per heavy atom. The van der Waals surface area contributed by atoms with Gasteiger partial charge in [0.2, 0.25) is 0 Å². The van der Waals surface area contributed by atoms with Gasteiger partial charge >= 0.3 is 0 Å². The lowest BCUT2D eigenvalue weighted by Gasteiger charge is -2.18. The van der Waals surface area contributed by atoms with Gasteiger partial charge in [0.05, 0.1) is 0 Å². The number of rotatable bonds is 1. The Bertz CT molecular complexity index is 288. The van der Waals surface area contributed by atoms with Crippen molar-refractivity contribution in [3.05, 3.63) is 35.4 Å². The molecule has 0 unspecified atom stereocenters. The summed E-state index contributed by atoms with van der Waals surface area (Å²) >= 11 is 0. The molecule has 0 aliphatic carbocycles. The van der Waals surface area contributed by atoms with Gasteiger partial charge in [0, 0.05) is 12.6 Å². The van der Waals surface area contributed by atoms with Crippen molar-refractivity contribution in [2.75, 3.05) is 6.54 Å². The molecule has 1 aromatic rings. The van der Waals surface area contributed by atoms with Crippen LogP contribution < -0.4 is 5.32 Å². The molecule has 0 amide bonds. The Hall–Kier alpha value is -0.820. The maximum Gasteiger partial charge on any atom is 0.0447 e. The van der Waals surface area contributed by atoms with E-state index in [-0.39, 0.29) is 5.41 Å². The molecule has 13 heavy (non-hydrogen) atoms. The van der Waals surface area contributed by atoms with Crippen LogP contribution in [0.4, 0.5) is 0 Å². The molecule has 1 aliphatic rings. The molecule has 1 fully saturated rings. The standard InChI is InChI=1S/C12H17N/c1-12(2,3)10-6-4-9(5-7-10)11-8-13-11/h4-7,11,13H,8H2,1-3H3/t11-/m1/s1. The molecule has 0 spiro atoms. The van der Waals surface area contributed by atoms with Crippen molar-refractivity contribution in [3.8, 4) is 0 Å². The third-order valence-electron chi connectivity index (χ3n) is 2.59. The predicted molar refractivity (Wildman–Crippen MR) is 55.9 cm³/mol. The first-order chi connectivity index (χ1) is 6.07. The Balaban J connectivity index is 2.22. The summed E-state index contributed by atoms with van der Waals surface area (Å²) in [5.74, 6) is 0. The van der Waals surface area contributed by atoms with Crippen LogP contribution in [0.25, 0.3) is 0 Å². The van der Waals surface area contributed by atoms with Crippen LogP contribution in [0.2, 0.25) is 0 Å². The van der Waals surface area contributed by atoms with Crippen molar-refractivity contribution in [1.29, 1.82) is 0 Å². The summed E-state index contributed by atoms with van der Waals surface area (Å²) in [4.78, 5) is 0. The highest BCUT2D eigenvalue weighted by Crippen LogP contribution is 2.26. The van der Waals surface area contributed by atoms with Crippen molar-refractivity contribution in [1.82, 2.24) is 5.32 Å². The van der Waals surface area contributed by atoms with Crippen molar-refractivity contribution >= 4 is 0 Å². The largest absolute Gasteiger partial charge is 0.307 e. The van der Waals surface area contributed by atoms with Crippen LogP contribution >= 0.6 is 0 Å². The van der Waals surface area contributed by atoms with Crippen LogP contribution in [0.1, 0.15) is 37.9 Å². The van der Waals surface area contributed by atoms with E-state index in [1.165, 1.54) is 11.1 Å². The fourth-order valence-corrected chi connectivity index (χ4v) is 1.51. The Morgan fingerprint density at radius 2 is 1.69 bits per heavy atom. The van der Waals surface area contributed by atoms with Crippen molar-refractivity contribution in [2.24, 2.45) is 0 Å². The molecule has 1 aliphatic heterocycles. The third-order valence-corrected chi connectivity index (χ3v) is 2.59. The van der Waals surface area contributed by atoms with Crippen molar-refractivity contribution < 1.29 is 0 Å². The van der Waals surface area contributed by atoms with Gasteiger partial charge in [0.25, 0.3) is 0 Å². The minimum absolute atomic E-state index is 0.273. The zero-order chi connectivity index (χ0) is 9.47. The Morgan fingerprint density at radius 3 is 2.08 bits per heavy atom. The van der Waals surface area contributed by atoms with Crippen LogP contribution in [-0.2, 0) is 5.41 Å². The summed E-state index contributed by atoms with van der Waals surface area (Å²) < 4.78 is 0. The van der Waals surface area contributed by atoms with E-state index >= 15 is 0 Å². The lowest BCUT2D eigenvalue weighted by atomic mass is 9.86. The van der Waals surface area contributed by atoms with E-state index in [1.54, 1.807) is 0 Å². The lowest BCUT2D eigenvalue weighted by molar-refractivity contribution is 0.590. The normalized spacial score (nSPS) is 21.6. The van der Waals surface area contributed by atoms with E-state index < -0.39 is 0 Å². The van der Waals surface area contributed by atoms with E-state index in [0.717, 1.165) is 6.54 Å². The first-order valence-corrected chi connectivity index (χ1v) is 4.91. The molecule has 0 radical (unpaired) electrons. The number of benzene rings is 1. The van der Waals surface area contributed by atoms with Gasteiger partial charge < -0.3 is 5.32 Å². The summed E-state index contributed by atoms with van der Waals surface area (Å²) in [6.45, 7) is 7.89. The molecular weight excluding hydrogens is 158 g/mol. The predicted octanol–water partition coefficient (Wildman–Crippen LogP) is 2.63. The zero-order valence-electron chi connectivity index (χ0n) is 8.59. The van der Waals surface area contributed by atoms with Gasteiger partial charge in [0.15, 0.2) is 0 Å². The van der Waals surface area contributed by atoms with Crippen LogP contribution in [0.15, 0.2) is 24.3 Å². The van der Waals surface area contributed by atoms with E-state index in [0.29, 0.717) is 6.04 Å². The first kappa shape index (κ1) is 8.76. The number of hydrogen-bond acceptors (Lipinski definition) is 1. The summed E-state index contributed by atoms with van der Waals surface area (Å²) in [6.07, 6.45) is 0. The smallest absolute Gasteiger partial charge is 0.0447 e. The summed E-state index contributed by atoms with van der Waals surface area (Å²) in [6, 6.07) is 9.61. The molecule has 1 atom stereocenters. The maximum absolute atomic E-state index is 3.31. The van der Waals surface area contributed by atoms with Crippen molar-refractivity contribution in [3.63, 3.8) is 0 Å². The molecule has 1 heteroatoms. The van der Waals surface area contributed by atoms with E-state index in [1.807, 2.05) is 0 Å². The second-order valence-corrected chi connectivity index (χ2v) is 4.83. The highest BCUT2D eigenvalue weighted by atomic mass is 15.1. The Kier molecular flexibility index (Phi) is 1.92. The molecule has 1 nitrogen and oxygen atoms in total. The quantitative estimate of drug-likeness (QED) is 0.651. The molecule has 1 N–H and O–H groups in total. The number of nitrogens with one attached hydrogen (secondary N) is 1. The fourth-order valence-electron chi connectivity index (χ4n) is 1.51. The van der Waals surface area contributed by atoms with Crippen molar-refractivity contribution in [2.45, 2.75) is 32.2 Å². The molecule has 0 saturated carbocycles. The van der Waals surface area contributed by atoms with Gasteiger partial charge in [-0.15, -0.1) is 0 Å². The summed E-state index contributed by atoms with van der Waals surface area (Å²) in [5, 5.41) is 3.31. The van der Waals surface area contributed by atoms with Crippen LogP contribution in [0.3, 0.4) is 0 Å². The van der Waals surface area contributed by atoms with Gasteiger partial charge in [-0.05, 0) is 16.5 Å². The van der Waals surface area contributed by atoms with E-state index in [9.17, 15) is 0 Å². The highest BCUT2D eigenvalue weighted by molar-refractivity contribution is 5.31. The van der Waals surface area contributed by atoms with E-state index in [2.05, 4.69) is 50.4 Å². The minimum Gasteiger partial charge on any atom is -0.307 e. The van der Waals surface area contributed by atoms with Crippen LogP contribution in [0, 0.1) is 0 Å². The molecule has 70 valence electrons. The Labute approximate surface area is 80.2 Å². The highest BCUT2D eigenvalue weighted by Gasteiger charge is 2.22. The summed E-state index contributed by atoms with van der Waals surface area (Å²) in [5.41, 5.74) is 3.11. The summed E-state index contributed by atoms with van der Waals surface area (Å²) in [7, 11) is 0. The van der Waals surface area contributed by atoms with Crippen LogP contribution in [0.5, 0.6) is 0 Å². The van der Waals surface area contributed by atoms with Crippen LogP contribution in [-0.4, -0.2) is 6.54 Å². The molecule has 1 aromatic carbocycles. The minimum atomic E-state index is 0.273. The molecule has 1 heterocycles. The second-order valence-electron chi connectivity index (χ2n) is 4.83. The topological polar surface area (TPSA) is 21.9 Å². The van der Waals surface area contributed by atoms with E-state index in [4.69, 9.17) is 0 Å². The molecular formula is C12H17N. The lowest BCUT2D eigenvalue weighted by Crippen LogP contribution is -2.10. The zero-order valence-corrected chi connectivity index (χ0v) is 8.59. The second kappa shape index (κ2) is 2.85. The SMILES string of the molecule is CC(C)(C)c1ccc([C@H]2CN2)cc1. The van der Waals surface area contributed by atoms with Gasteiger partial charge in [-0.3, -0.25) is 0 Å². The van der Waals surface area contributed by atoms with Gasteiger partial charge in [0.1, 0.15) is 0 Å². The van der Waals surface area contributed by atoms with Gasteiger partial charge in [-0.25, -0.2) is 0 Å². The maximum atomic E-state index is 3.31.